The van der Waals surface area contributed by atoms with Gasteiger partial charge in [0.2, 0.25) is 0 Å². The highest BCUT2D eigenvalue weighted by Gasteiger charge is 1.98. The van der Waals surface area contributed by atoms with E-state index >= 15 is 0 Å². The first-order chi connectivity index (χ1) is 8.84. The summed E-state index contributed by atoms with van der Waals surface area (Å²) in [5.41, 5.74) is 0. The predicted molar refractivity (Wildman–Crippen MR) is 79.6 cm³/mol. The molecule has 1 aromatic carbocycles. The predicted octanol–water partition coefficient (Wildman–Crippen LogP) is 5.86. The molecule has 1 aromatic rings. The second kappa shape index (κ2) is 10.3. The van der Waals surface area contributed by atoms with Crippen molar-refractivity contribution >= 4 is 11.6 Å². The Bertz CT molecular complexity index is 312. The van der Waals surface area contributed by atoms with E-state index in [0.717, 1.165) is 18.8 Å². The third kappa shape index (κ3) is 6.90. The first kappa shape index (κ1) is 15.4. The van der Waals surface area contributed by atoms with E-state index in [4.69, 9.17) is 16.3 Å². The fraction of sp³-hybridized carbons (Fsp3) is 0.625. The standard InChI is InChI=1S/C16H25ClO/c1-2-3-4-5-6-7-8-11-14-18-16-13-10-9-12-15(16)17/h9-10,12-13H,2-8,11,14H2,1H3. The summed E-state index contributed by atoms with van der Waals surface area (Å²) in [5.74, 6) is 0.808. The highest BCUT2D eigenvalue weighted by molar-refractivity contribution is 6.32. The van der Waals surface area contributed by atoms with Gasteiger partial charge in [0.15, 0.2) is 0 Å². The molecule has 102 valence electrons. The molecule has 0 spiro atoms. The van der Waals surface area contributed by atoms with Crippen LogP contribution in [0.4, 0.5) is 0 Å². The average molecular weight is 269 g/mol. The molecule has 0 aliphatic carbocycles. The third-order valence-corrected chi connectivity index (χ3v) is 3.40. The van der Waals surface area contributed by atoms with Gasteiger partial charge in [0.05, 0.1) is 11.6 Å². The summed E-state index contributed by atoms with van der Waals surface area (Å²) in [6.07, 6.45) is 10.6. The van der Waals surface area contributed by atoms with Crippen LogP contribution in [0.25, 0.3) is 0 Å². The molecule has 2 heteroatoms. The van der Waals surface area contributed by atoms with Crippen LogP contribution in [-0.2, 0) is 0 Å². The molecule has 0 saturated heterocycles. The smallest absolute Gasteiger partial charge is 0.137 e. The molecule has 0 atom stereocenters. The van der Waals surface area contributed by atoms with Gasteiger partial charge in [-0.25, -0.2) is 0 Å². The summed E-state index contributed by atoms with van der Waals surface area (Å²) in [6.45, 7) is 3.03. The molecule has 0 bridgehead atoms. The van der Waals surface area contributed by atoms with Gasteiger partial charge in [0.25, 0.3) is 0 Å². The van der Waals surface area contributed by atoms with Gasteiger partial charge in [-0.1, -0.05) is 75.6 Å². The van der Waals surface area contributed by atoms with E-state index in [0.29, 0.717) is 5.02 Å². The monoisotopic (exact) mass is 268 g/mol. The fourth-order valence-electron chi connectivity index (χ4n) is 1.98. The lowest BCUT2D eigenvalue weighted by Gasteiger charge is -2.07. The number of ether oxygens (including phenoxy) is 1. The second-order valence-corrected chi connectivity index (χ2v) is 5.16. The van der Waals surface area contributed by atoms with Crippen LogP contribution < -0.4 is 4.74 Å². The van der Waals surface area contributed by atoms with Crippen molar-refractivity contribution in [3.8, 4) is 5.75 Å². The number of halogens is 1. The van der Waals surface area contributed by atoms with Crippen molar-refractivity contribution in [2.24, 2.45) is 0 Å². The maximum absolute atomic E-state index is 6.01. The molecule has 0 N–H and O–H groups in total. The van der Waals surface area contributed by atoms with Gasteiger partial charge in [0.1, 0.15) is 5.75 Å². The van der Waals surface area contributed by atoms with Gasteiger partial charge in [-0.05, 0) is 18.6 Å². The van der Waals surface area contributed by atoms with E-state index < -0.39 is 0 Å². The molecule has 18 heavy (non-hydrogen) atoms. The van der Waals surface area contributed by atoms with E-state index in [1.807, 2.05) is 24.3 Å². The van der Waals surface area contributed by atoms with Crippen molar-refractivity contribution in [3.63, 3.8) is 0 Å². The summed E-state index contributed by atoms with van der Waals surface area (Å²) in [7, 11) is 0. The minimum atomic E-state index is 0.706. The molecule has 0 unspecified atom stereocenters. The van der Waals surface area contributed by atoms with Crippen molar-refractivity contribution in [1.29, 1.82) is 0 Å². The van der Waals surface area contributed by atoms with E-state index in [1.165, 1.54) is 44.9 Å². The molecular weight excluding hydrogens is 244 g/mol. The van der Waals surface area contributed by atoms with Crippen LogP contribution in [0.5, 0.6) is 5.75 Å². The van der Waals surface area contributed by atoms with Crippen molar-refractivity contribution in [2.75, 3.05) is 6.61 Å². The lowest BCUT2D eigenvalue weighted by Crippen LogP contribution is -1.97. The highest BCUT2D eigenvalue weighted by atomic mass is 35.5. The highest BCUT2D eigenvalue weighted by Crippen LogP contribution is 2.23. The van der Waals surface area contributed by atoms with Crippen LogP contribution >= 0.6 is 11.6 Å². The van der Waals surface area contributed by atoms with Gasteiger partial charge >= 0.3 is 0 Å². The minimum absolute atomic E-state index is 0.706. The summed E-state index contributed by atoms with van der Waals surface area (Å²) in [5, 5.41) is 0.706. The van der Waals surface area contributed by atoms with Crippen molar-refractivity contribution < 1.29 is 4.74 Å². The number of benzene rings is 1. The van der Waals surface area contributed by atoms with Gasteiger partial charge in [-0.2, -0.15) is 0 Å². The topological polar surface area (TPSA) is 9.23 Å². The minimum Gasteiger partial charge on any atom is -0.492 e. The van der Waals surface area contributed by atoms with Gasteiger partial charge < -0.3 is 4.74 Å². The molecule has 0 heterocycles. The Morgan fingerprint density at radius 2 is 1.50 bits per heavy atom. The number of para-hydroxylation sites is 1. The summed E-state index contributed by atoms with van der Waals surface area (Å²) < 4.78 is 5.65. The zero-order chi connectivity index (χ0) is 13.1. The first-order valence-corrected chi connectivity index (χ1v) is 7.59. The number of hydrogen-bond acceptors (Lipinski definition) is 1. The van der Waals surface area contributed by atoms with Crippen molar-refractivity contribution in [2.45, 2.75) is 58.3 Å². The summed E-state index contributed by atoms with van der Waals surface area (Å²) in [6, 6.07) is 7.66. The van der Waals surface area contributed by atoms with Gasteiger partial charge in [0, 0.05) is 0 Å². The molecular formula is C16H25ClO. The van der Waals surface area contributed by atoms with E-state index in [1.54, 1.807) is 0 Å². The Labute approximate surface area is 116 Å². The van der Waals surface area contributed by atoms with Crippen LogP contribution in [0.3, 0.4) is 0 Å². The van der Waals surface area contributed by atoms with Crippen molar-refractivity contribution in [1.82, 2.24) is 0 Å². The first-order valence-electron chi connectivity index (χ1n) is 7.22. The largest absolute Gasteiger partial charge is 0.492 e. The Morgan fingerprint density at radius 3 is 2.17 bits per heavy atom. The molecule has 1 nitrogen and oxygen atoms in total. The maximum Gasteiger partial charge on any atom is 0.137 e. The third-order valence-electron chi connectivity index (χ3n) is 3.09. The molecule has 0 radical (unpaired) electrons. The Morgan fingerprint density at radius 1 is 0.889 bits per heavy atom. The zero-order valence-electron chi connectivity index (χ0n) is 11.5. The molecule has 1 rings (SSSR count). The summed E-state index contributed by atoms with van der Waals surface area (Å²) in [4.78, 5) is 0. The summed E-state index contributed by atoms with van der Waals surface area (Å²) >= 11 is 6.01. The Balaban J connectivity index is 1.94. The molecule has 0 aliphatic rings. The van der Waals surface area contributed by atoms with Crippen LogP contribution in [-0.4, -0.2) is 6.61 Å². The quantitative estimate of drug-likeness (QED) is 0.483. The van der Waals surface area contributed by atoms with Gasteiger partial charge in [-0.3, -0.25) is 0 Å². The van der Waals surface area contributed by atoms with Crippen LogP contribution in [0.2, 0.25) is 5.02 Å². The zero-order valence-corrected chi connectivity index (χ0v) is 12.2. The number of rotatable bonds is 10. The maximum atomic E-state index is 6.01. The lowest BCUT2D eigenvalue weighted by atomic mass is 10.1. The number of hydrogen-bond donors (Lipinski definition) is 0. The Kier molecular flexibility index (Phi) is 8.75. The SMILES string of the molecule is CCCCCCCCCCOc1ccccc1Cl. The second-order valence-electron chi connectivity index (χ2n) is 4.75. The van der Waals surface area contributed by atoms with E-state index in [2.05, 4.69) is 6.92 Å². The lowest BCUT2D eigenvalue weighted by molar-refractivity contribution is 0.304. The molecule has 0 saturated carbocycles. The van der Waals surface area contributed by atoms with Crippen LogP contribution in [0.15, 0.2) is 24.3 Å². The number of unbranched alkanes of at least 4 members (excludes halogenated alkanes) is 7. The molecule has 0 aromatic heterocycles. The molecule has 0 amide bonds. The average Bonchev–Trinajstić information content (AvgIpc) is 2.39. The molecule has 0 fully saturated rings. The normalized spacial score (nSPS) is 10.6. The van der Waals surface area contributed by atoms with Crippen LogP contribution in [0, 0.1) is 0 Å². The fourth-order valence-corrected chi connectivity index (χ4v) is 2.17. The van der Waals surface area contributed by atoms with E-state index in [9.17, 15) is 0 Å². The van der Waals surface area contributed by atoms with Crippen LogP contribution in [0.1, 0.15) is 58.3 Å². The molecule has 0 aliphatic heterocycles. The van der Waals surface area contributed by atoms with Gasteiger partial charge in [-0.15, -0.1) is 0 Å². The van der Waals surface area contributed by atoms with E-state index in [-0.39, 0.29) is 0 Å². The Hall–Kier alpha value is -0.690. The van der Waals surface area contributed by atoms with Crippen molar-refractivity contribution in [3.05, 3.63) is 29.3 Å².